The van der Waals surface area contributed by atoms with Gasteiger partial charge in [-0.15, -0.1) is 11.3 Å². The Balaban J connectivity index is 2.38. The van der Waals surface area contributed by atoms with Crippen LogP contribution in [0.1, 0.15) is 31.7 Å². The monoisotopic (exact) mass is 311 g/mol. The van der Waals surface area contributed by atoms with E-state index in [2.05, 4.69) is 5.32 Å². The number of carbonyl (C=O) groups excluding carboxylic acids is 2. The number of likely N-dealkylation sites (N-methyl/N-ethyl adjacent to an activating group) is 2. The summed E-state index contributed by atoms with van der Waals surface area (Å²) in [6.45, 7) is 7.76. The van der Waals surface area contributed by atoms with Crippen LogP contribution in [-0.2, 0) is 9.59 Å². The Labute approximate surface area is 130 Å². The van der Waals surface area contributed by atoms with Gasteiger partial charge in [-0.1, -0.05) is 6.07 Å². The van der Waals surface area contributed by atoms with E-state index >= 15 is 0 Å². The van der Waals surface area contributed by atoms with Gasteiger partial charge in [0.05, 0.1) is 19.1 Å². The minimum absolute atomic E-state index is 0.00406. The fraction of sp³-hybridized carbons (Fsp3) is 0.600. The first kappa shape index (κ1) is 17.7. The van der Waals surface area contributed by atoms with Crippen molar-refractivity contribution in [3.63, 3.8) is 0 Å². The molecule has 21 heavy (non-hydrogen) atoms. The molecule has 0 fully saturated rings. The van der Waals surface area contributed by atoms with Crippen LogP contribution in [0.15, 0.2) is 17.5 Å². The van der Waals surface area contributed by atoms with Crippen molar-refractivity contribution in [2.24, 2.45) is 0 Å². The molecule has 1 heterocycles. The number of rotatable bonds is 8. The first-order valence-corrected chi connectivity index (χ1v) is 8.14. The molecule has 6 heteroatoms. The van der Waals surface area contributed by atoms with Crippen LogP contribution in [0.3, 0.4) is 0 Å². The molecule has 0 aliphatic carbocycles. The van der Waals surface area contributed by atoms with E-state index in [4.69, 9.17) is 0 Å². The van der Waals surface area contributed by atoms with Gasteiger partial charge >= 0.3 is 0 Å². The van der Waals surface area contributed by atoms with Gasteiger partial charge in [-0.25, -0.2) is 0 Å². The second-order valence-corrected chi connectivity index (χ2v) is 6.02. The van der Waals surface area contributed by atoms with Crippen molar-refractivity contribution in [1.82, 2.24) is 15.1 Å². The third-order valence-corrected chi connectivity index (χ3v) is 4.34. The summed E-state index contributed by atoms with van der Waals surface area (Å²) in [5.74, 6) is -0.00708. The smallest absolute Gasteiger partial charge is 0.236 e. The van der Waals surface area contributed by atoms with Crippen LogP contribution in [0.5, 0.6) is 0 Å². The summed E-state index contributed by atoms with van der Waals surface area (Å²) in [5.41, 5.74) is 0. The number of amides is 2. The zero-order chi connectivity index (χ0) is 15.8. The minimum atomic E-state index is -0.0641. The maximum Gasteiger partial charge on any atom is 0.236 e. The summed E-state index contributed by atoms with van der Waals surface area (Å²) in [7, 11) is 1.79. The lowest BCUT2D eigenvalue weighted by Crippen LogP contribution is -2.42. The van der Waals surface area contributed by atoms with Gasteiger partial charge < -0.3 is 10.2 Å². The largest absolute Gasteiger partial charge is 0.348 e. The van der Waals surface area contributed by atoms with Crippen molar-refractivity contribution in [3.8, 4) is 0 Å². The molecule has 1 N–H and O–H groups in total. The van der Waals surface area contributed by atoms with E-state index in [1.165, 1.54) is 0 Å². The molecule has 0 unspecified atom stereocenters. The number of carbonyl (C=O) groups is 2. The number of nitrogens with one attached hydrogen (secondary N) is 1. The lowest BCUT2D eigenvalue weighted by atomic mass is 10.2. The molecule has 0 saturated heterocycles. The van der Waals surface area contributed by atoms with Crippen molar-refractivity contribution < 1.29 is 9.59 Å². The zero-order valence-corrected chi connectivity index (χ0v) is 14.1. The maximum absolute atomic E-state index is 12.0. The van der Waals surface area contributed by atoms with Crippen molar-refractivity contribution in [2.45, 2.75) is 26.8 Å². The van der Waals surface area contributed by atoms with Crippen molar-refractivity contribution in [2.75, 3.05) is 33.2 Å². The molecule has 0 radical (unpaired) electrons. The molecule has 1 rings (SSSR count). The topological polar surface area (TPSA) is 52.7 Å². The Morgan fingerprint density at radius 2 is 1.95 bits per heavy atom. The molecule has 0 bridgehead atoms. The lowest BCUT2D eigenvalue weighted by Gasteiger charge is -2.23. The third-order valence-electron chi connectivity index (χ3n) is 3.28. The first-order valence-electron chi connectivity index (χ1n) is 7.27. The summed E-state index contributed by atoms with van der Waals surface area (Å²) >= 11 is 1.62. The van der Waals surface area contributed by atoms with Gasteiger partial charge in [0, 0.05) is 18.0 Å². The lowest BCUT2D eigenvalue weighted by molar-refractivity contribution is -0.132. The van der Waals surface area contributed by atoms with Gasteiger partial charge in [0.25, 0.3) is 0 Å². The second-order valence-electron chi connectivity index (χ2n) is 5.04. The average Bonchev–Trinajstić information content (AvgIpc) is 2.93. The summed E-state index contributed by atoms with van der Waals surface area (Å²) in [4.78, 5) is 28.6. The summed E-state index contributed by atoms with van der Waals surface area (Å²) in [5, 5.41) is 4.94. The highest BCUT2D eigenvalue weighted by Gasteiger charge is 2.16. The highest BCUT2D eigenvalue weighted by atomic mass is 32.1. The predicted molar refractivity (Wildman–Crippen MR) is 86.3 cm³/mol. The minimum Gasteiger partial charge on any atom is -0.348 e. The van der Waals surface area contributed by atoms with Crippen molar-refractivity contribution >= 4 is 23.2 Å². The molecule has 0 saturated carbocycles. The molecule has 0 aliphatic rings. The van der Waals surface area contributed by atoms with Crippen molar-refractivity contribution in [1.29, 1.82) is 0 Å². The zero-order valence-electron chi connectivity index (χ0n) is 13.3. The highest BCUT2D eigenvalue weighted by Crippen LogP contribution is 2.17. The Bertz CT molecular complexity index is 444. The van der Waals surface area contributed by atoms with Gasteiger partial charge in [-0.05, 0) is 39.3 Å². The SMILES string of the molecule is CCN(CC)C(=O)CN(C)CC(=O)N[C@@H](C)c1cccs1. The van der Waals surface area contributed by atoms with Gasteiger partial charge in [-0.2, -0.15) is 0 Å². The maximum atomic E-state index is 12.0. The fourth-order valence-electron chi connectivity index (χ4n) is 2.10. The Hall–Kier alpha value is -1.40. The van der Waals surface area contributed by atoms with Crippen LogP contribution in [-0.4, -0.2) is 54.8 Å². The molecule has 0 spiro atoms. The van der Waals surface area contributed by atoms with E-state index in [9.17, 15) is 9.59 Å². The van der Waals surface area contributed by atoms with Gasteiger partial charge in [0.1, 0.15) is 0 Å². The molecule has 2 amide bonds. The number of nitrogens with zero attached hydrogens (tertiary/aromatic N) is 2. The highest BCUT2D eigenvalue weighted by molar-refractivity contribution is 7.10. The molecule has 1 aromatic rings. The van der Waals surface area contributed by atoms with Crippen LogP contribution in [0.2, 0.25) is 0 Å². The van der Waals surface area contributed by atoms with Crippen LogP contribution in [0.25, 0.3) is 0 Å². The van der Waals surface area contributed by atoms with E-state index in [0.29, 0.717) is 13.1 Å². The van der Waals surface area contributed by atoms with E-state index in [1.807, 2.05) is 38.3 Å². The summed E-state index contributed by atoms with van der Waals surface area (Å²) < 4.78 is 0. The van der Waals surface area contributed by atoms with E-state index < -0.39 is 0 Å². The molecule has 1 aromatic heterocycles. The summed E-state index contributed by atoms with van der Waals surface area (Å²) in [6.07, 6.45) is 0. The van der Waals surface area contributed by atoms with Crippen LogP contribution >= 0.6 is 11.3 Å². The standard InChI is InChI=1S/C15H25N3O2S/c1-5-18(6-2)15(20)11-17(4)10-14(19)16-12(3)13-8-7-9-21-13/h7-9,12H,5-6,10-11H2,1-4H3,(H,16,19)/t12-/m0/s1. The number of thiophene rings is 1. The van der Waals surface area contributed by atoms with E-state index in [-0.39, 0.29) is 30.9 Å². The molecule has 1 atom stereocenters. The molecular formula is C15H25N3O2S. The first-order chi connectivity index (χ1) is 9.97. The van der Waals surface area contributed by atoms with Gasteiger partial charge in [-0.3, -0.25) is 14.5 Å². The van der Waals surface area contributed by atoms with E-state index in [1.54, 1.807) is 28.2 Å². The van der Waals surface area contributed by atoms with E-state index in [0.717, 1.165) is 4.88 Å². The number of hydrogen-bond donors (Lipinski definition) is 1. The van der Waals surface area contributed by atoms with Gasteiger partial charge in [0.15, 0.2) is 0 Å². The molecule has 0 aromatic carbocycles. The second kappa shape index (κ2) is 8.79. The van der Waals surface area contributed by atoms with Crippen molar-refractivity contribution in [3.05, 3.63) is 22.4 Å². The Kier molecular flexibility index (Phi) is 7.39. The normalized spacial score (nSPS) is 12.2. The number of hydrogen-bond acceptors (Lipinski definition) is 4. The summed E-state index contributed by atoms with van der Waals surface area (Å²) in [6, 6.07) is 3.98. The predicted octanol–water partition coefficient (Wildman–Crippen LogP) is 1.73. The molecule has 0 aliphatic heterocycles. The van der Waals surface area contributed by atoms with Crippen LogP contribution in [0, 0.1) is 0 Å². The molecular weight excluding hydrogens is 286 g/mol. The average molecular weight is 311 g/mol. The Morgan fingerprint density at radius 3 is 2.48 bits per heavy atom. The van der Waals surface area contributed by atoms with Crippen LogP contribution < -0.4 is 5.32 Å². The third kappa shape index (κ3) is 5.85. The van der Waals surface area contributed by atoms with Gasteiger partial charge in [0.2, 0.25) is 11.8 Å². The fourth-order valence-corrected chi connectivity index (χ4v) is 2.84. The van der Waals surface area contributed by atoms with Crippen LogP contribution in [0.4, 0.5) is 0 Å². The Morgan fingerprint density at radius 1 is 1.29 bits per heavy atom. The molecule has 5 nitrogen and oxygen atoms in total. The molecule has 118 valence electrons. The quantitative estimate of drug-likeness (QED) is 0.795.